The number of fused-ring (bicyclic) bond motifs is 1. The lowest BCUT2D eigenvalue weighted by molar-refractivity contribution is 0.833. The number of nitrogens with zero attached hydrogens (tertiary/aromatic N) is 3. The number of hydrogen-bond acceptors (Lipinski definition) is 4. The Balaban J connectivity index is 2.66. The van der Waals surface area contributed by atoms with Gasteiger partial charge in [0.25, 0.3) is 5.56 Å². The summed E-state index contributed by atoms with van der Waals surface area (Å²) in [6, 6.07) is 0. The predicted molar refractivity (Wildman–Crippen MR) is 51.9 cm³/mol. The van der Waals surface area contributed by atoms with Gasteiger partial charge in [-0.2, -0.15) is 0 Å². The van der Waals surface area contributed by atoms with Crippen LogP contribution in [0.2, 0.25) is 0 Å². The van der Waals surface area contributed by atoms with Crippen LogP contribution in [0.3, 0.4) is 0 Å². The number of aromatic amines is 1. The monoisotopic (exact) mass is 190 g/mol. The van der Waals surface area contributed by atoms with Crippen molar-refractivity contribution in [1.82, 2.24) is 19.9 Å². The Kier molecular flexibility index (Phi) is 2.22. The number of aromatic nitrogens is 4. The first-order chi connectivity index (χ1) is 6.81. The molecule has 2 aromatic heterocycles. The molecule has 5 heteroatoms. The fourth-order valence-corrected chi connectivity index (χ4v) is 1.28. The van der Waals surface area contributed by atoms with E-state index in [-0.39, 0.29) is 5.56 Å². The van der Waals surface area contributed by atoms with E-state index in [1.54, 1.807) is 0 Å². The van der Waals surface area contributed by atoms with E-state index in [1.807, 2.05) is 6.92 Å². The molecular formula is C9H10N4O. The Morgan fingerprint density at radius 3 is 3.14 bits per heavy atom. The zero-order valence-electron chi connectivity index (χ0n) is 7.82. The van der Waals surface area contributed by atoms with Crippen molar-refractivity contribution in [3.05, 3.63) is 28.7 Å². The first kappa shape index (κ1) is 8.80. The second kappa shape index (κ2) is 3.53. The molecule has 0 spiro atoms. The molecule has 0 fully saturated rings. The summed E-state index contributed by atoms with van der Waals surface area (Å²) >= 11 is 0. The van der Waals surface area contributed by atoms with Crippen LogP contribution in [0.4, 0.5) is 0 Å². The van der Waals surface area contributed by atoms with Gasteiger partial charge in [-0.1, -0.05) is 6.92 Å². The number of aryl methyl sites for hydroxylation is 1. The van der Waals surface area contributed by atoms with Crippen LogP contribution in [0, 0.1) is 0 Å². The predicted octanol–water partition coefficient (Wildman–Crippen LogP) is 0.666. The summed E-state index contributed by atoms with van der Waals surface area (Å²) in [6.07, 6.45) is 4.57. The van der Waals surface area contributed by atoms with Crippen molar-refractivity contribution in [1.29, 1.82) is 0 Å². The molecule has 2 rings (SSSR count). The third-order valence-electron chi connectivity index (χ3n) is 1.92. The Morgan fingerprint density at radius 2 is 2.36 bits per heavy atom. The maximum absolute atomic E-state index is 11.5. The van der Waals surface area contributed by atoms with Crippen LogP contribution in [-0.2, 0) is 6.42 Å². The van der Waals surface area contributed by atoms with E-state index in [9.17, 15) is 4.79 Å². The van der Waals surface area contributed by atoms with Gasteiger partial charge in [-0.3, -0.25) is 4.79 Å². The van der Waals surface area contributed by atoms with Crippen molar-refractivity contribution in [2.75, 3.05) is 0 Å². The third-order valence-corrected chi connectivity index (χ3v) is 1.92. The summed E-state index contributed by atoms with van der Waals surface area (Å²) in [7, 11) is 0. The third kappa shape index (κ3) is 1.48. The number of H-pyrrole nitrogens is 1. The van der Waals surface area contributed by atoms with E-state index < -0.39 is 0 Å². The highest BCUT2D eigenvalue weighted by Gasteiger charge is 2.03. The molecule has 0 atom stereocenters. The molecule has 2 heterocycles. The van der Waals surface area contributed by atoms with Crippen LogP contribution >= 0.6 is 0 Å². The molecule has 0 aliphatic heterocycles. The quantitative estimate of drug-likeness (QED) is 0.755. The zero-order valence-corrected chi connectivity index (χ0v) is 7.82. The molecular weight excluding hydrogens is 180 g/mol. The number of nitrogens with one attached hydrogen (secondary N) is 1. The molecule has 0 unspecified atom stereocenters. The minimum atomic E-state index is -0.168. The minimum absolute atomic E-state index is 0.168. The van der Waals surface area contributed by atoms with Gasteiger partial charge in [0.1, 0.15) is 17.5 Å². The average Bonchev–Trinajstić information content (AvgIpc) is 2.18. The summed E-state index contributed by atoms with van der Waals surface area (Å²) < 4.78 is 0. The van der Waals surface area contributed by atoms with Crippen LogP contribution in [0.15, 0.2) is 17.3 Å². The Morgan fingerprint density at radius 1 is 1.50 bits per heavy atom. The summed E-state index contributed by atoms with van der Waals surface area (Å²) in [4.78, 5) is 26.1. The molecule has 0 saturated carbocycles. The highest BCUT2D eigenvalue weighted by molar-refractivity contribution is 5.71. The second-order valence-electron chi connectivity index (χ2n) is 3.02. The maximum Gasteiger partial charge on any atom is 0.261 e. The van der Waals surface area contributed by atoms with Crippen molar-refractivity contribution in [3.8, 4) is 0 Å². The largest absolute Gasteiger partial charge is 0.310 e. The molecule has 5 nitrogen and oxygen atoms in total. The van der Waals surface area contributed by atoms with Crippen molar-refractivity contribution in [2.45, 2.75) is 19.8 Å². The van der Waals surface area contributed by atoms with Crippen LogP contribution in [-0.4, -0.2) is 19.9 Å². The highest BCUT2D eigenvalue weighted by atomic mass is 16.1. The molecule has 0 amide bonds. The summed E-state index contributed by atoms with van der Waals surface area (Å²) in [5, 5.41) is 0.437. The summed E-state index contributed by atoms with van der Waals surface area (Å²) in [5.74, 6) is 0.684. The van der Waals surface area contributed by atoms with Crippen molar-refractivity contribution in [2.24, 2.45) is 0 Å². The molecule has 0 aliphatic carbocycles. The van der Waals surface area contributed by atoms with Gasteiger partial charge in [-0.25, -0.2) is 15.0 Å². The minimum Gasteiger partial charge on any atom is -0.310 e. The van der Waals surface area contributed by atoms with E-state index in [2.05, 4.69) is 19.9 Å². The van der Waals surface area contributed by atoms with E-state index in [4.69, 9.17) is 0 Å². The standard InChI is InChI=1S/C9H10N4O/c1-2-3-7-12-8-6(9(14)13-7)4-10-5-11-8/h4-5H,2-3H2,1H3,(H,10,11,12,13,14). The lowest BCUT2D eigenvalue weighted by atomic mass is 10.3. The van der Waals surface area contributed by atoms with Gasteiger partial charge < -0.3 is 4.98 Å². The van der Waals surface area contributed by atoms with Crippen molar-refractivity contribution < 1.29 is 0 Å². The molecule has 2 aromatic rings. The van der Waals surface area contributed by atoms with Gasteiger partial charge >= 0.3 is 0 Å². The Bertz CT molecular complexity index is 505. The smallest absolute Gasteiger partial charge is 0.261 e. The van der Waals surface area contributed by atoms with Gasteiger partial charge in [0, 0.05) is 12.6 Å². The summed E-state index contributed by atoms with van der Waals surface area (Å²) in [6.45, 7) is 2.03. The van der Waals surface area contributed by atoms with Gasteiger partial charge in [0.2, 0.25) is 0 Å². The fourth-order valence-electron chi connectivity index (χ4n) is 1.28. The first-order valence-corrected chi connectivity index (χ1v) is 4.50. The van der Waals surface area contributed by atoms with E-state index in [1.165, 1.54) is 12.5 Å². The average molecular weight is 190 g/mol. The van der Waals surface area contributed by atoms with Crippen molar-refractivity contribution in [3.63, 3.8) is 0 Å². The van der Waals surface area contributed by atoms with E-state index in [0.29, 0.717) is 16.9 Å². The maximum atomic E-state index is 11.5. The normalized spacial score (nSPS) is 10.6. The Labute approximate surface area is 80.2 Å². The molecule has 72 valence electrons. The van der Waals surface area contributed by atoms with Crippen LogP contribution in [0.5, 0.6) is 0 Å². The lowest BCUT2D eigenvalue weighted by Crippen LogP contribution is -2.12. The number of rotatable bonds is 2. The van der Waals surface area contributed by atoms with E-state index >= 15 is 0 Å². The first-order valence-electron chi connectivity index (χ1n) is 4.50. The van der Waals surface area contributed by atoms with Crippen LogP contribution < -0.4 is 5.56 Å². The van der Waals surface area contributed by atoms with Gasteiger partial charge in [0.15, 0.2) is 5.65 Å². The fraction of sp³-hybridized carbons (Fsp3) is 0.333. The SMILES string of the molecule is CCCc1nc2ncncc2c(=O)[nH]1. The summed E-state index contributed by atoms with van der Waals surface area (Å²) in [5.41, 5.74) is 0.297. The molecule has 0 saturated heterocycles. The van der Waals surface area contributed by atoms with Gasteiger partial charge in [0.05, 0.1) is 0 Å². The van der Waals surface area contributed by atoms with Gasteiger partial charge in [-0.05, 0) is 6.42 Å². The van der Waals surface area contributed by atoms with Gasteiger partial charge in [-0.15, -0.1) is 0 Å². The van der Waals surface area contributed by atoms with Crippen LogP contribution in [0.25, 0.3) is 11.0 Å². The number of hydrogen-bond donors (Lipinski definition) is 1. The molecule has 0 aliphatic rings. The van der Waals surface area contributed by atoms with Crippen LogP contribution in [0.1, 0.15) is 19.2 Å². The lowest BCUT2D eigenvalue weighted by Gasteiger charge is -1.99. The molecule has 1 N–H and O–H groups in total. The zero-order chi connectivity index (χ0) is 9.97. The molecule has 0 bridgehead atoms. The Hall–Kier alpha value is -1.78. The molecule has 0 aromatic carbocycles. The molecule has 14 heavy (non-hydrogen) atoms. The topological polar surface area (TPSA) is 71.5 Å². The second-order valence-corrected chi connectivity index (χ2v) is 3.02. The van der Waals surface area contributed by atoms with Crippen molar-refractivity contribution >= 4 is 11.0 Å². The van der Waals surface area contributed by atoms with E-state index in [0.717, 1.165) is 12.8 Å². The highest BCUT2D eigenvalue weighted by Crippen LogP contribution is 2.01. The molecule has 0 radical (unpaired) electrons.